The molecular formula is C12H11Cl2N3O2S. The molecule has 0 aliphatic rings. The molecule has 0 N–H and O–H groups in total. The van der Waals surface area contributed by atoms with E-state index < -0.39 is 11.2 Å². The Morgan fingerprint density at radius 1 is 1.45 bits per heavy atom. The third-order valence-electron chi connectivity index (χ3n) is 2.57. The van der Waals surface area contributed by atoms with Crippen molar-refractivity contribution in [1.82, 2.24) is 14.8 Å². The predicted molar refractivity (Wildman–Crippen MR) is 78.1 cm³/mol. The Balaban J connectivity index is 2.40. The Kier molecular flexibility index (Phi) is 4.91. The van der Waals surface area contributed by atoms with Gasteiger partial charge < -0.3 is 9.30 Å². The maximum atomic E-state index is 12.0. The van der Waals surface area contributed by atoms with Crippen LogP contribution in [0.1, 0.15) is 10.8 Å². The number of hydrogen-bond acceptors (Lipinski definition) is 5. The summed E-state index contributed by atoms with van der Waals surface area (Å²) in [6, 6.07) is 5.13. The molecule has 0 radical (unpaired) electrons. The van der Waals surface area contributed by atoms with Crippen molar-refractivity contribution in [3.63, 3.8) is 0 Å². The summed E-state index contributed by atoms with van der Waals surface area (Å²) in [7, 11) is 3.11. The van der Waals surface area contributed by atoms with Gasteiger partial charge in [0.05, 0.1) is 17.2 Å². The van der Waals surface area contributed by atoms with Gasteiger partial charge in [0, 0.05) is 7.05 Å². The van der Waals surface area contributed by atoms with E-state index in [4.69, 9.17) is 27.9 Å². The van der Waals surface area contributed by atoms with Crippen LogP contribution in [0.15, 0.2) is 29.7 Å². The number of aromatic nitrogens is 3. The molecule has 0 aliphatic heterocycles. The van der Waals surface area contributed by atoms with Gasteiger partial charge in [0.25, 0.3) is 0 Å². The normalized spacial score (nSPS) is 12.2. The van der Waals surface area contributed by atoms with Crippen LogP contribution in [0.25, 0.3) is 0 Å². The van der Waals surface area contributed by atoms with Gasteiger partial charge in [-0.25, -0.2) is 0 Å². The van der Waals surface area contributed by atoms with E-state index in [1.54, 1.807) is 36.1 Å². The molecule has 2 rings (SSSR count). The molecule has 0 aliphatic carbocycles. The average Bonchev–Trinajstić information content (AvgIpc) is 2.84. The Bertz CT molecular complexity index is 633. The molecule has 0 saturated heterocycles. The van der Waals surface area contributed by atoms with Crippen LogP contribution in [0.4, 0.5) is 0 Å². The zero-order valence-electron chi connectivity index (χ0n) is 10.7. The predicted octanol–water partition coefficient (Wildman–Crippen LogP) is 3.13. The molecule has 8 heteroatoms. The van der Waals surface area contributed by atoms with E-state index in [-0.39, 0.29) is 0 Å². The van der Waals surface area contributed by atoms with Crippen molar-refractivity contribution in [2.75, 3.05) is 7.11 Å². The maximum absolute atomic E-state index is 12.0. The third kappa shape index (κ3) is 3.08. The fourth-order valence-electron chi connectivity index (χ4n) is 1.55. The zero-order chi connectivity index (χ0) is 14.7. The summed E-state index contributed by atoms with van der Waals surface area (Å²) in [5, 5.41) is 8.36. The maximum Gasteiger partial charge on any atom is 0.323 e. The van der Waals surface area contributed by atoms with Crippen molar-refractivity contribution in [2.45, 2.75) is 10.4 Å². The molecule has 0 bridgehead atoms. The van der Waals surface area contributed by atoms with E-state index in [0.29, 0.717) is 20.8 Å². The first-order chi connectivity index (χ1) is 9.54. The number of halogens is 2. The smallest absolute Gasteiger partial charge is 0.323 e. The molecule has 5 nitrogen and oxygen atoms in total. The first-order valence-electron chi connectivity index (χ1n) is 5.57. The fourth-order valence-corrected chi connectivity index (χ4v) is 3.07. The van der Waals surface area contributed by atoms with Gasteiger partial charge >= 0.3 is 5.97 Å². The summed E-state index contributed by atoms with van der Waals surface area (Å²) < 4.78 is 6.54. The minimum absolute atomic E-state index is 0.333. The van der Waals surface area contributed by atoms with E-state index in [1.807, 2.05) is 0 Å². The van der Waals surface area contributed by atoms with Crippen LogP contribution in [-0.4, -0.2) is 27.8 Å². The summed E-state index contributed by atoms with van der Waals surface area (Å²) in [5.74, 6) is -0.429. The van der Waals surface area contributed by atoms with Gasteiger partial charge in [0.2, 0.25) is 0 Å². The highest BCUT2D eigenvalue weighted by Gasteiger charge is 2.27. The molecule has 0 amide bonds. The number of rotatable bonds is 4. The molecule has 0 fully saturated rings. The number of ether oxygens (including phenoxy) is 1. The lowest BCUT2D eigenvalue weighted by Gasteiger charge is -2.15. The molecule has 1 atom stereocenters. The summed E-state index contributed by atoms with van der Waals surface area (Å²) in [5.41, 5.74) is 0.582. The summed E-state index contributed by atoms with van der Waals surface area (Å²) in [4.78, 5) is 12.0. The van der Waals surface area contributed by atoms with Gasteiger partial charge in [-0.15, -0.1) is 10.2 Å². The average molecular weight is 332 g/mol. The molecule has 106 valence electrons. The SMILES string of the molecule is COC(=O)C(Sc1nncn1C)c1cccc(Cl)c1Cl. The minimum atomic E-state index is -0.658. The number of methoxy groups -OCH3 is 1. The van der Waals surface area contributed by atoms with Gasteiger partial charge in [0.15, 0.2) is 5.16 Å². The molecule has 2 aromatic rings. The number of benzene rings is 1. The summed E-state index contributed by atoms with van der Waals surface area (Å²) in [6.45, 7) is 0. The molecule has 1 aromatic carbocycles. The summed E-state index contributed by atoms with van der Waals surface area (Å²) >= 11 is 13.4. The van der Waals surface area contributed by atoms with E-state index in [0.717, 1.165) is 0 Å². The summed E-state index contributed by atoms with van der Waals surface area (Å²) in [6.07, 6.45) is 1.55. The van der Waals surface area contributed by atoms with Crippen molar-refractivity contribution >= 4 is 40.9 Å². The monoisotopic (exact) mass is 331 g/mol. The van der Waals surface area contributed by atoms with Gasteiger partial charge in [-0.2, -0.15) is 0 Å². The van der Waals surface area contributed by atoms with Crippen LogP contribution in [-0.2, 0) is 16.6 Å². The lowest BCUT2D eigenvalue weighted by atomic mass is 10.1. The van der Waals surface area contributed by atoms with Crippen molar-refractivity contribution in [3.8, 4) is 0 Å². The molecule has 1 aromatic heterocycles. The van der Waals surface area contributed by atoms with Gasteiger partial charge in [-0.3, -0.25) is 4.79 Å². The molecular weight excluding hydrogens is 321 g/mol. The lowest BCUT2D eigenvalue weighted by Crippen LogP contribution is -2.12. The quantitative estimate of drug-likeness (QED) is 0.636. The number of thioether (sulfide) groups is 1. The van der Waals surface area contributed by atoms with E-state index >= 15 is 0 Å². The number of carbonyl (C=O) groups is 1. The zero-order valence-corrected chi connectivity index (χ0v) is 13.0. The van der Waals surface area contributed by atoms with Crippen molar-refractivity contribution in [3.05, 3.63) is 40.1 Å². The molecule has 0 saturated carbocycles. The van der Waals surface area contributed by atoms with E-state index in [2.05, 4.69) is 10.2 Å². The second-order valence-electron chi connectivity index (χ2n) is 3.89. The second kappa shape index (κ2) is 6.47. The molecule has 0 spiro atoms. The highest BCUT2D eigenvalue weighted by Crippen LogP contribution is 2.40. The van der Waals surface area contributed by atoms with Crippen molar-refractivity contribution in [2.24, 2.45) is 7.05 Å². The van der Waals surface area contributed by atoms with Crippen LogP contribution in [0.3, 0.4) is 0 Å². The largest absolute Gasteiger partial charge is 0.468 e. The highest BCUT2D eigenvalue weighted by atomic mass is 35.5. The molecule has 1 heterocycles. The minimum Gasteiger partial charge on any atom is -0.468 e. The first-order valence-corrected chi connectivity index (χ1v) is 7.20. The first kappa shape index (κ1) is 15.2. The van der Waals surface area contributed by atoms with E-state index in [1.165, 1.54) is 18.9 Å². The Hall–Kier alpha value is -1.24. The molecule has 20 heavy (non-hydrogen) atoms. The van der Waals surface area contributed by atoms with Crippen LogP contribution in [0.5, 0.6) is 0 Å². The third-order valence-corrected chi connectivity index (χ3v) is 4.67. The number of esters is 1. The van der Waals surface area contributed by atoms with E-state index in [9.17, 15) is 4.79 Å². The van der Waals surface area contributed by atoms with Crippen LogP contribution in [0, 0.1) is 0 Å². The Labute approximate surface area is 130 Å². The van der Waals surface area contributed by atoms with Gasteiger partial charge in [-0.1, -0.05) is 47.1 Å². The number of carbonyl (C=O) groups excluding carboxylic acids is 1. The lowest BCUT2D eigenvalue weighted by molar-refractivity contribution is -0.140. The fraction of sp³-hybridized carbons (Fsp3) is 0.250. The van der Waals surface area contributed by atoms with Gasteiger partial charge in [0.1, 0.15) is 11.6 Å². The van der Waals surface area contributed by atoms with Gasteiger partial charge in [-0.05, 0) is 11.6 Å². The second-order valence-corrected chi connectivity index (χ2v) is 5.75. The molecule has 1 unspecified atom stereocenters. The van der Waals surface area contributed by atoms with Crippen molar-refractivity contribution in [1.29, 1.82) is 0 Å². The van der Waals surface area contributed by atoms with Crippen molar-refractivity contribution < 1.29 is 9.53 Å². The van der Waals surface area contributed by atoms with Crippen LogP contribution >= 0.6 is 35.0 Å². The topological polar surface area (TPSA) is 57.0 Å². The standard InChI is InChI=1S/C12H11Cl2N3O2S/c1-17-6-15-16-12(17)20-10(11(18)19-2)7-4-3-5-8(13)9(7)14/h3-6,10H,1-2H3. The Morgan fingerprint density at radius 2 is 2.20 bits per heavy atom. The van der Waals surface area contributed by atoms with Crippen LogP contribution < -0.4 is 0 Å². The number of nitrogens with zero attached hydrogens (tertiary/aromatic N) is 3. The number of hydrogen-bond donors (Lipinski definition) is 0. The highest BCUT2D eigenvalue weighted by molar-refractivity contribution is 8.00. The number of aryl methyl sites for hydroxylation is 1. The Morgan fingerprint density at radius 3 is 2.80 bits per heavy atom. The van der Waals surface area contributed by atoms with Crippen LogP contribution in [0.2, 0.25) is 10.0 Å².